The molecule has 0 bridgehead atoms. The third-order valence-corrected chi connectivity index (χ3v) is 3.58. The number of carbonyl (C=O) groups is 2. The first-order valence-corrected chi connectivity index (χ1v) is 7.76. The number of nitro benzene ring substituents is 1. The normalized spacial score (nSPS) is 11.4. The lowest BCUT2D eigenvalue weighted by Gasteiger charge is -2.13. The zero-order valence-electron chi connectivity index (χ0n) is 13.9. The molecule has 2 aromatic carbocycles. The predicted octanol–water partition coefficient (Wildman–Crippen LogP) is 3.34. The molecule has 0 saturated heterocycles. The number of non-ortho nitro benzene ring substituents is 1. The number of anilines is 1. The van der Waals surface area contributed by atoms with E-state index in [1.54, 1.807) is 12.1 Å². The number of nitro groups is 1. The van der Waals surface area contributed by atoms with Crippen molar-refractivity contribution < 1.29 is 19.2 Å². The fourth-order valence-corrected chi connectivity index (χ4v) is 2.10. The number of esters is 1. The Morgan fingerprint density at radius 2 is 1.88 bits per heavy atom. The fraction of sp³-hybridized carbons (Fsp3) is 0.222. The summed E-state index contributed by atoms with van der Waals surface area (Å²) < 4.78 is 5.14. The van der Waals surface area contributed by atoms with E-state index in [9.17, 15) is 19.7 Å². The molecule has 0 spiro atoms. The molecule has 1 atom stereocenters. The molecular formula is C18H18N2O5. The summed E-state index contributed by atoms with van der Waals surface area (Å²) in [6, 6.07) is 12.5. The van der Waals surface area contributed by atoms with Crippen LogP contribution in [0.2, 0.25) is 0 Å². The predicted molar refractivity (Wildman–Crippen MR) is 92.4 cm³/mol. The Morgan fingerprint density at radius 3 is 2.48 bits per heavy atom. The van der Waals surface area contributed by atoms with Gasteiger partial charge in [0.25, 0.3) is 11.6 Å². The Morgan fingerprint density at radius 1 is 1.20 bits per heavy atom. The molecule has 2 rings (SSSR count). The standard InChI is InChI=1S/C18H18N2O5/c1-3-13-7-9-14(10-8-13)18(22)25-12(2)17(21)19-15-5-4-6-16(11-15)20(23)24/h4-12H,3H2,1-2H3,(H,19,21)/t12-/m1/s1. The number of rotatable bonds is 6. The molecule has 0 saturated carbocycles. The van der Waals surface area contributed by atoms with Gasteiger partial charge in [0.05, 0.1) is 10.5 Å². The van der Waals surface area contributed by atoms with E-state index in [4.69, 9.17) is 4.74 Å². The van der Waals surface area contributed by atoms with Crippen LogP contribution in [0.3, 0.4) is 0 Å². The smallest absolute Gasteiger partial charge is 0.338 e. The molecule has 1 N–H and O–H groups in total. The van der Waals surface area contributed by atoms with Crippen molar-refractivity contribution in [1.82, 2.24) is 0 Å². The van der Waals surface area contributed by atoms with Crippen LogP contribution >= 0.6 is 0 Å². The molecule has 0 aromatic heterocycles. The van der Waals surface area contributed by atoms with E-state index in [-0.39, 0.29) is 11.4 Å². The number of aryl methyl sites for hydroxylation is 1. The van der Waals surface area contributed by atoms with Gasteiger partial charge in [-0.25, -0.2) is 4.79 Å². The highest BCUT2D eigenvalue weighted by molar-refractivity contribution is 5.97. The van der Waals surface area contributed by atoms with Crippen molar-refractivity contribution >= 4 is 23.3 Å². The van der Waals surface area contributed by atoms with Gasteiger partial charge < -0.3 is 10.1 Å². The number of nitrogens with one attached hydrogen (secondary N) is 1. The van der Waals surface area contributed by atoms with Gasteiger partial charge >= 0.3 is 5.97 Å². The Kier molecular flexibility index (Phi) is 5.84. The highest BCUT2D eigenvalue weighted by Gasteiger charge is 2.19. The van der Waals surface area contributed by atoms with Crippen molar-refractivity contribution in [3.8, 4) is 0 Å². The molecule has 0 radical (unpaired) electrons. The van der Waals surface area contributed by atoms with Gasteiger partial charge in [0.15, 0.2) is 6.10 Å². The molecule has 7 heteroatoms. The van der Waals surface area contributed by atoms with Gasteiger partial charge in [0.2, 0.25) is 0 Å². The Hall–Kier alpha value is -3.22. The van der Waals surface area contributed by atoms with Crippen molar-refractivity contribution in [2.75, 3.05) is 5.32 Å². The maximum Gasteiger partial charge on any atom is 0.338 e. The van der Waals surface area contributed by atoms with Gasteiger partial charge in [-0.3, -0.25) is 14.9 Å². The summed E-state index contributed by atoms with van der Waals surface area (Å²) in [5.74, 6) is -1.18. The molecule has 0 heterocycles. The van der Waals surface area contributed by atoms with E-state index in [1.165, 1.54) is 31.2 Å². The van der Waals surface area contributed by atoms with Crippen LogP contribution in [-0.2, 0) is 16.0 Å². The summed E-state index contributed by atoms with van der Waals surface area (Å²) in [5, 5.41) is 13.2. The topological polar surface area (TPSA) is 98.5 Å². The van der Waals surface area contributed by atoms with Crippen molar-refractivity contribution in [1.29, 1.82) is 0 Å². The monoisotopic (exact) mass is 342 g/mol. The van der Waals surface area contributed by atoms with Gasteiger partial charge in [-0.1, -0.05) is 25.1 Å². The average molecular weight is 342 g/mol. The molecule has 1 amide bonds. The second-order valence-electron chi connectivity index (χ2n) is 5.39. The Labute approximate surface area is 144 Å². The van der Waals surface area contributed by atoms with Crippen LogP contribution in [-0.4, -0.2) is 22.9 Å². The molecule has 25 heavy (non-hydrogen) atoms. The lowest BCUT2D eigenvalue weighted by molar-refractivity contribution is -0.384. The highest BCUT2D eigenvalue weighted by Crippen LogP contribution is 2.17. The number of carbonyl (C=O) groups excluding carboxylic acids is 2. The minimum absolute atomic E-state index is 0.140. The van der Waals surface area contributed by atoms with Crippen LogP contribution in [0.1, 0.15) is 29.8 Å². The van der Waals surface area contributed by atoms with E-state index in [0.717, 1.165) is 12.0 Å². The summed E-state index contributed by atoms with van der Waals surface area (Å²) in [5.41, 5.74) is 1.56. The molecule has 0 aliphatic rings. The second kappa shape index (κ2) is 8.05. The molecular weight excluding hydrogens is 324 g/mol. The number of hydrogen-bond acceptors (Lipinski definition) is 5. The average Bonchev–Trinajstić information content (AvgIpc) is 2.61. The van der Waals surface area contributed by atoms with E-state index in [1.807, 2.05) is 19.1 Å². The van der Waals surface area contributed by atoms with E-state index in [0.29, 0.717) is 5.56 Å². The van der Waals surface area contributed by atoms with Crippen LogP contribution in [0.15, 0.2) is 48.5 Å². The Bertz CT molecular complexity index is 786. The van der Waals surface area contributed by atoms with E-state index >= 15 is 0 Å². The summed E-state index contributed by atoms with van der Waals surface area (Å²) in [4.78, 5) is 34.4. The third kappa shape index (κ3) is 4.87. The van der Waals surface area contributed by atoms with Crippen LogP contribution in [0, 0.1) is 10.1 Å². The zero-order chi connectivity index (χ0) is 18.4. The van der Waals surface area contributed by atoms with Crippen molar-refractivity contribution in [2.24, 2.45) is 0 Å². The zero-order valence-corrected chi connectivity index (χ0v) is 13.9. The molecule has 0 aliphatic heterocycles. The second-order valence-corrected chi connectivity index (χ2v) is 5.39. The number of nitrogens with zero attached hydrogens (tertiary/aromatic N) is 1. The van der Waals surface area contributed by atoms with Gasteiger partial charge in [-0.15, -0.1) is 0 Å². The summed E-state index contributed by atoms with van der Waals surface area (Å²) in [6.07, 6.45) is -0.185. The van der Waals surface area contributed by atoms with Crippen molar-refractivity contribution in [2.45, 2.75) is 26.4 Å². The van der Waals surface area contributed by atoms with Gasteiger partial charge in [-0.2, -0.15) is 0 Å². The van der Waals surface area contributed by atoms with E-state index < -0.39 is 22.9 Å². The molecule has 0 fully saturated rings. The van der Waals surface area contributed by atoms with Crippen LogP contribution in [0.5, 0.6) is 0 Å². The molecule has 0 unspecified atom stereocenters. The number of amides is 1. The summed E-state index contributed by atoms with van der Waals surface area (Å²) in [7, 11) is 0. The molecule has 130 valence electrons. The SMILES string of the molecule is CCc1ccc(C(=O)O[C@H](C)C(=O)Nc2cccc([N+](=O)[O-])c2)cc1. The maximum atomic E-state index is 12.1. The molecule has 2 aromatic rings. The minimum Gasteiger partial charge on any atom is -0.449 e. The first kappa shape index (κ1) is 18.1. The largest absolute Gasteiger partial charge is 0.449 e. The molecule has 0 aliphatic carbocycles. The summed E-state index contributed by atoms with van der Waals surface area (Å²) >= 11 is 0. The van der Waals surface area contributed by atoms with Gasteiger partial charge in [-0.05, 0) is 37.1 Å². The summed E-state index contributed by atoms with van der Waals surface area (Å²) in [6.45, 7) is 3.44. The van der Waals surface area contributed by atoms with Crippen molar-refractivity contribution in [3.05, 3.63) is 69.8 Å². The van der Waals surface area contributed by atoms with Crippen LogP contribution in [0.4, 0.5) is 11.4 Å². The number of benzene rings is 2. The Balaban J connectivity index is 1.98. The maximum absolute atomic E-state index is 12.1. The number of ether oxygens (including phenoxy) is 1. The first-order chi connectivity index (χ1) is 11.9. The highest BCUT2D eigenvalue weighted by atomic mass is 16.6. The van der Waals surface area contributed by atoms with E-state index in [2.05, 4.69) is 5.32 Å². The minimum atomic E-state index is -1.04. The third-order valence-electron chi connectivity index (χ3n) is 3.58. The van der Waals surface area contributed by atoms with Crippen molar-refractivity contribution in [3.63, 3.8) is 0 Å². The first-order valence-electron chi connectivity index (χ1n) is 7.76. The quantitative estimate of drug-likeness (QED) is 0.493. The van der Waals surface area contributed by atoms with Crippen LogP contribution in [0.25, 0.3) is 0 Å². The van der Waals surface area contributed by atoms with Gasteiger partial charge in [0, 0.05) is 17.8 Å². The lowest BCUT2D eigenvalue weighted by Crippen LogP contribution is -2.30. The van der Waals surface area contributed by atoms with Gasteiger partial charge in [0.1, 0.15) is 0 Å². The lowest BCUT2D eigenvalue weighted by atomic mass is 10.1. The number of hydrogen-bond donors (Lipinski definition) is 1. The molecule has 7 nitrogen and oxygen atoms in total. The fourth-order valence-electron chi connectivity index (χ4n) is 2.10. The van der Waals surface area contributed by atoms with Crippen LogP contribution < -0.4 is 5.32 Å².